The molecular weight excluding hydrogens is 208 g/mol. The molecule has 5 heteroatoms. The number of rotatable bonds is 4. The van der Waals surface area contributed by atoms with E-state index >= 15 is 0 Å². The van der Waals surface area contributed by atoms with E-state index in [1.807, 2.05) is 4.90 Å². The predicted molar refractivity (Wildman–Crippen MR) is 60.2 cm³/mol. The van der Waals surface area contributed by atoms with Crippen LogP contribution in [-0.2, 0) is 9.59 Å². The molecule has 1 atom stereocenters. The first-order chi connectivity index (χ1) is 7.50. The van der Waals surface area contributed by atoms with E-state index in [1.54, 1.807) is 11.9 Å². The summed E-state index contributed by atoms with van der Waals surface area (Å²) in [6, 6.07) is 0.193. The van der Waals surface area contributed by atoms with Gasteiger partial charge in [0.1, 0.15) is 0 Å². The number of nitrogens with zero attached hydrogens (tertiary/aromatic N) is 2. The zero-order valence-electron chi connectivity index (χ0n) is 9.98. The Morgan fingerprint density at radius 1 is 1.44 bits per heavy atom. The van der Waals surface area contributed by atoms with Gasteiger partial charge < -0.3 is 10.0 Å². The smallest absolute Gasteiger partial charge is 0.317 e. The van der Waals surface area contributed by atoms with Crippen molar-refractivity contribution in [2.45, 2.75) is 32.2 Å². The molecule has 1 N–H and O–H groups in total. The summed E-state index contributed by atoms with van der Waals surface area (Å²) in [6.07, 6.45) is 3.14. The Morgan fingerprint density at radius 2 is 2.12 bits per heavy atom. The van der Waals surface area contributed by atoms with Gasteiger partial charge in [-0.25, -0.2) is 0 Å². The first-order valence-corrected chi connectivity index (χ1v) is 5.68. The van der Waals surface area contributed by atoms with Crippen LogP contribution in [0.15, 0.2) is 0 Å². The van der Waals surface area contributed by atoms with Crippen LogP contribution < -0.4 is 0 Å². The standard InChI is InChI=1S/C11H20N2O3/c1-9(14)12(2)7-10-5-3-4-6-13(10)8-11(15)16/h10H,3-8H2,1-2H3,(H,15,16)/t10-/m0/s1. The Kier molecular flexibility index (Phi) is 4.73. The highest BCUT2D eigenvalue weighted by atomic mass is 16.4. The fourth-order valence-electron chi connectivity index (χ4n) is 2.09. The van der Waals surface area contributed by atoms with Crippen LogP contribution >= 0.6 is 0 Å². The van der Waals surface area contributed by atoms with Crippen LogP contribution in [-0.4, -0.2) is 59.5 Å². The van der Waals surface area contributed by atoms with Crippen LogP contribution in [0.3, 0.4) is 0 Å². The van der Waals surface area contributed by atoms with Crippen LogP contribution in [0, 0.1) is 0 Å². The highest BCUT2D eigenvalue weighted by Crippen LogP contribution is 2.17. The number of carboxylic acid groups (broad SMARTS) is 1. The van der Waals surface area contributed by atoms with Crippen molar-refractivity contribution in [3.8, 4) is 0 Å². The quantitative estimate of drug-likeness (QED) is 0.757. The van der Waals surface area contributed by atoms with Gasteiger partial charge in [-0.15, -0.1) is 0 Å². The first kappa shape index (κ1) is 13.0. The Hall–Kier alpha value is -1.10. The lowest BCUT2D eigenvalue weighted by molar-refractivity contribution is -0.139. The molecule has 1 rings (SSSR count). The summed E-state index contributed by atoms with van der Waals surface area (Å²) in [7, 11) is 1.76. The molecule has 1 aliphatic heterocycles. The fourth-order valence-corrected chi connectivity index (χ4v) is 2.09. The van der Waals surface area contributed by atoms with E-state index in [0.29, 0.717) is 6.54 Å². The lowest BCUT2D eigenvalue weighted by Gasteiger charge is -2.36. The Balaban J connectivity index is 2.52. The van der Waals surface area contributed by atoms with E-state index in [-0.39, 0.29) is 18.5 Å². The van der Waals surface area contributed by atoms with E-state index in [9.17, 15) is 9.59 Å². The van der Waals surface area contributed by atoms with Gasteiger partial charge in [0.05, 0.1) is 6.54 Å². The maximum absolute atomic E-state index is 11.1. The Labute approximate surface area is 96.0 Å². The van der Waals surface area contributed by atoms with E-state index in [0.717, 1.165) is 25.8 Å². The number of carboxylic acids is 1. The highest BCUT2D eigenvalue weighted by molar-refractivity contribution is 5.73. The molecular formula is C11H20N2O3. The highest BCUT2D eigenvalue weighted by Gasteiger charge is 2.25. The number of piperidine rings is 1. The van der Waals surface area contributed by atoms with Gasteiger partial charge in [0, 0.05) is 26.6 Å². The molecule has 0 radical (unpaired) electrons. The summed E-state index contributed by atoms with van der Waals surface area (Å²) in [4.78, 5) is 25.5. The SMILES string of the molecule is CC(=O)N(C)C[C@@H]1CCCCN1CC(=O)O. The van der Waals surface area contributed by atoms with Gasteiger partial charge in [-0.05, 0) is 19.4 Å². The van der Waals surface area contributed by atoms with Gasteiger partial charge in [0.2, 0.25) is 5.91 Å². The largest absolute Gasteiger partial charge is 0.480 e. The lowest BCUT2D eigenvalue weighted by Crippen LogP contribution is -2.48. The molecule has 16 heavy (non-hydrogen) atoms. The van der Waals surface area contributed by atoms with Crippen LogP contribution in [0.5, 0.6) is 0 Å². The minimum absolute atomic E-state index is 0.0286. The zero-order valence-corrected chi connectivity index (χ0v) is 9.98. The number of likely N-dealkylation sites (N-methyl/N-ethyl adjacent to an activating group) is 1. The second-order valence-corrected chi connectivity index (χ2v) is 4.41. The molecule has 0 saturated carbocycles. The van der Waals surface area contributed by atoms with E-state index in [1.165, 1.54) is 6.92 Å². The third-order valence-corrected chi connectivity index (χ3v) is 3.11. The number of carbonyl (C=O) groups excluding carboxylic acids is 1. The van der Waals surface area contributed by atoms with Crippen LogP contribution in [0.4, 0.5) is 0 Å². The molecule has 5 nitrogen and oxygen atoms in total. The van der Waals surface area contributed by atoms with Crippen molar-refractivity contribution in [1.29, 1.82) is 0 Å². The Bertz CT molecular complexity index is 268. The van der Waals surface area contributed by atoms with Gasteiger partial charge in [-0.3, -0.25) is 14.5 Å². The molecule has 0 aromatic carbocycles. The summed E-state index contributed by atoms with van der Waals surface area (Å²) >= 11 is 0. The van der Waals surface area contributed by atoms with Gasteiger partial charge in [0.15, 0.2) is 0 Å². The first-order valence-electron chi connectivity index (χ1n) is 5.68. The zero-order chi connectivity index (χ0) is 12.1. The summed E-state index contributed by atoms with van der Waals surface area (Å²) in [6.45, 7) is 3.06. The van der Waals surface area contributed by atoms with E-state index < -0.39 is 5.97 Å². The number of likely N-dealkylation sites (tertiary alicyclic amines) is 1. The van der Waals surface area contributed by atoms with Gasteiger partial charge in [-0.2, -0.15) is 0 Å². The minimum Gasteiger partial charge on any atom is -0.480 e. The number of hydrogen-bond acceptors (Lipinski definition) is 3. The molecule has 0 spiro atoms. The van der Waals surface area contributed by atoms with Crippen molar-refractivity contribution in [3.63, 3.8) is 0 Å². The molecule has 1 aliphatic rings. The molecule has 0 bridgehead atoms. The number of aliphatic carboxylic acids is 1. The molecule has 1 fully saturated rings. The molecule has 1 saturated heterocycles. The van der Waals surface area contributed by atoms with Crippen molar-refractivity contribution in [2.24, 2.45) is 0 Å². The van der Waals surface area contributed by atoms with Crippen molar-refractivity contribution in [1.82, 2.24) is 9.80 Å². The topological polar surface area (TPSA) is 60.9 Å². The van der Waals surface area contributed by atoms with Crippen molar-refractivity contribution >= 4 is 11.9 Å². The van der Waals surface area contributed by atoms with Crippen molar-refractivity contribution in [2.75, 3.05) is 26.7 Å². The summed E-state index contributed by atoms with van der Waals surface area (Å²) in [5, 5.41) is 8.80. The van der Waals surface area contributed by atoms with E-state index in [4.69, 9.17) is 5.11 Å². The monoisotopic (exact) mass is 228 g/mol. The Morgan fingerprint density at radius 3 is 2.69 bits per heavy atom. The third-order valence-electron chi connectivity index (χ3n) is 3.11. The molecule has 0 unspecified atom stereocenters. The van der Waals surface area contributed by atoms with Crippen LogP contribution in [0.2, 0.25) is 0 Å². The predicted octanol–water partition coefficient (Wildman–Crippen LogP) is 0.404. The van der Waals surface area contributed by atoms with E-state index in [2.05, 4.69) is 0 Å². The lowest BCUT2D eigenvalue weighted by atomic mass is 10.0. The van der Waals surface area contributed by atoms with Crippen LogP contribution in [0.1, 0.15) is 26.2 Å². The molecule has 1 heterocycles. The maximum Gasteiger partial charge on any atom is 0.317 e. The number of carbonyl (C=O) groups is 2. The summed E-state index contributed by atoms with van der Waals surface area (Å²) in [5.74, 6) is -0.766. The van der Waals surface area contributed by atoms with Gasteiger partial charge in [-0.1, -0.05) is 6.42 Å². The maximum atomic E-state index is 11.1. The molecule has 0 aliphatic carbocycles. The van der Waals surface area contributed by atoms with Crippen molar-refractivity contribution < 1.29 is 14.7 Å². The molecule has 0 aromatic rings. The molecule has 0 aromatic heterocycles. The van der Waals surface area contributed by atoms with Gasteiger partial charge >= 0.3 is 5.97 Å². The van der Waals surface area contributed by atoms with Crippen molar-refractivity contribution in [3.05, 3.63) is 0 Å². The second-order valence-electron chi connectivity index (χ2n) is 4.41. The van der Waals surface area contributed by atoms with Crippen LogP contribution in [0.25, 0.3) is 0 Å². The van der Waals surface area contributed by atoms with Gasteiger partial charge in [0.25, 0.3) is 0 Å². The summed E-state index contributed by atoms with van der Waals surface area (Å²) in [5.41, 5.74) is 0. The molecule has 92 valence electrons. The number of amides is 1. The normalized spacial score (nSPS) is 21.8. The number of hydrogen-bond donors (Lipinski definition) is 1. The average molecular weight is 228 g/mol. The molecule has 1 amide bonds. The average Bonchev–Trinajstić information content (AvgIpc) is 2.20. The summed E-state index contributed by atoms with van der Waals surface area (Å²) < 4.78 is 0. The third kappa shape index (κ3) is 3.81. The minimum atomic E-state index is -0.794. The second kappa shape index (κ2) is 5.84. The fraction of sp³-hybridized carbons (Fsp3) is 0.818.